The van der Waals surface area contributed by atoms with Gasteiger partial charge in [0.25, 0.3) is 0 Å². The minimum atomic E-state index is -0.957. The first-order valence-corrected chi connectivity index (χ1v) is 9.04. The fourth-order valence-corrected chi connectivity index (χ4v) is 3.40. The van der Waals surface area contributed by atoms with Crippen molar-refractivity contribution in [3.05, 3.63) is 64.7 Å². The van der Waals surface area contributed by atoms with Crippen LogP contribution in [0.1, 0.15) is 24.0 Å². The molecule has 0 atom stereocenters. The van der Waals surface area contributed by atoms with Gasteiger partial charge in [-0.25, -0.2) is 4.79 Å². The third kappa shape index (κ3) is 5.63. The number of rotatable bonds is 5. The first kappa shape index (κ1) is 20.6. The summed E-state index contributed by atoms with van der Waals surface area (Å²) in [6.45, 7) is 2.49. The summed E-state index contributed by atoms with van der Waals surface area (Å²) in [6.07, 6.45) is 2.52. The van der Waals surface area contributed by atoms with Crippen LogP contribution in [0.2, 0.25) is 5.02 Å². The maximum Gasteiger partial charge on any atom is 0.412 e. The summed E-state index contributed by atoms with van der Waals surface area (Å²) in [5, 5.41) is 13.6. The topological polar surface area (TPSA) is 52.6 Å². The number of hydrogen-bond acceptors (Lipinski definition) is 2. The van der Waals surface area contributed by atoms with E-state index in [1.807, 2.05) is 24.3 Å². The van der Waals surface area contributed by atoms with E-state index in [1.54, 1.807) is 12.1 Å². The third-order valence-corrected chi connectivity index (χ3v) is 4.97. The highest BCUT2D eigenvalue weighted by atomic mass is 35.5. The van der Waals surface area contributed by atoms with Gasteiger partial charge >= 0.3 is 6.09 Å². The van der Waals surface area contributed by atoms with Crippen molar-refractivity contribution in [1.82, 2.24) is 5.32 Å². The predicted octanol–water partition coefficient (Wildman–Crippen LogP) is 4.99. The summed E-state index contributed by atoms with van der Waals surface area (Å²) in [5.41, 5.74) is 2.87. The number of amides is 1. The molecule has 6 heteroatoms. The Bertz CT molecular complexity index is 699. The number of anilines is 1. The molecule has 140 valence electrons. The van der Waals surface area contributed by atoms with E-state index in [1.165, 1.54) is 23.3 Å². The molecule has 1 aliphatic rings. The van der Waals surface area contributed by atoms with E-state index in [9.17, 15) is 9.90 Å². The molecule has 0 radical (unpaired) electrons. The van der Waals surface area contributed by atoms with Crippen molar-refractivity contribution < 1.29 is 9.90 Å². The highest BCUT2D eigenvalue weighted by Crippen LogP contribution is 2.23. The fraction of sp³-hybridized carbons (Fsp3) is 0.350. The van der Waals surface area contributed by atoms with Crippen molar-refractivity contribution in [1.29, 1.82) is 0 Å². The number of halogens is 2. The van der Waals surface area contributed by atoms with Crippen molar-refractivity contribution in [3.8, 4) is 0 Å². The number of piperidine rings is 1. The van der Waals surface area contributed by atoms with Crippen molar-refractivity contribution >= 4 is 35.8 Å². The van der Waals surface area contributed by atoms with Crippen molar-refractivity contribution in [2.75, 3.05) is 18.0 Å². The van der Waals surface area contributed by atoms with Gasteiger partial charge in [-0.2, -0.15) is 0 Å². The normalized spacial score (nSPS) is 14.5. The molecule has 0 unspecified atom stereocenters. The molecule has 0 saturated carbocycles. The molecule has 0 aromatic heterocycles. The fourth-order valence-electron chi connectivity index (χ4n) is 3.27. The summed E-state index contributed by atoms with van der Waals surface area (Å²) >= 11 is 5.89. The first-order valence-electron chi connectivity index (χ1n) is 8.66. The van der Waals surface area contributed by atoms with Crippen LogP contribution < -0.4 is 10.2 Å². The number of benzene rings is 2. The van der Waals surface area contributed by atoms with Crippen LogP contribution in [0.15, 0.2) is 48.5 Å². The zero-order valence-electron chi connectivity index (χ0n) is 14.5. The van der Waals surface area contributed by atoms with E-state index in [0.717, 1.165) is 31.0 Å². The molecule has 3 rings (SSSR count). The second-order valence-corrected chi connectivity index (χ2v) is 7.00. The van der Waals surface area contributed by atoms with Crippen LogP contribution in [0.3, 0.4) is 0 Å². The Hall–Kier alpha value is -1.75. The van der Waals surface area contributed by atoms with Gasteiger partial charge in [-0.05, 0) is 73.7 Å². The highest BCUT2D eigenvalue weighted by molar-refractivity contribution is 6.30. The number of nitrogens with zero attached hydrogens (tertiary/aromatic N) is 1. The minimum Gasteiger partial charge on any atom is -0.465 e. The molecule has 2 N–H and O–H groups in total. The van der Waals surface area contributed by atoms with E-state index in [4.69, 9.17) is 11.6 Å². The molecule has 1 heterocycles. The van der Waals surface area contributed by atoms with Gasteiger partial charge in [-0.15, -0.1) is 12.4 Å². The van der Waals surface area contributed by atoms with Crippen LogP contribution in [0.25, 0.3) is 0 Å². The van der Waals surface area contributed by atoms with Gasteiger partial charge in [0.15, 0.2) is 0 Å². The van der Waals surface area contributed by atoms with E-state index >= 15 is 0 Å². The molecular weight excluding hydrogens is 371 g/mol. The maximum atomic E-state index is 11.7. The molecule has 2 aromatic rings. The summed E-state index contributed by atoms with van der Waals surface area (Å²) in [6, 6.07) is 15.2. The van der Waals surface area contributed by atoms with Gasteiger partial charge in [0, 0.05) is 10.7 Å². The average molecular weight is 395 g/mol. The second-order valence-electron chi connectivity index (χ2n) is 6.56. The average Bonchev–Trinajstić information content (AvgIpc) is 2.63. The Kier molecular flexibility index (Phi) is 7.76. The molecule has 0 bridgehead atoms. The lowest BCUT2D eigenvalue weighted by molar-refractivity contribution is 0.201. The highest BCUT2D eigenvalue weighted by Gasteiger charge is 2.16. The van der Waals surface area contributed by atoms with Crippen molar-refractivity contribution in [2.24, 2.45) is 5.92 Å². The predicted molar refractivity (Wildman–Crippen MR) is 109 cm³/mol. The molecule has 2 aromatic carbocycles. The van der Waals surface area contributed by atoms with E-state index < -0.39 is 6.09 Å². The Balaban J connectivity index is 0.00000243. The van der Waals surface area contributed by atoms with Crippen LogP contribution in [-0.4, -0.2) is 24.3 Å². The Morgan fingerprint density at radius 3 is 2.19 bits per heavy atom. The molecular formula is C20H24Cl2N2O2. The van der Waals surface area contributed by atoms with Gasteiger partial charge in [-0.3, -0.25) is 4.90 Å². The molecule has 1 aliphatic heterocycles. The summed E-state index contributed by atoms with van der Waals surface area (Å²) in [7, 11) is 0. The molecule has 26 heavy (non-hydrogen) atoms. The molecule has 1 fully saturated rings. The number of hydrogen-bond donors (Lipinski definition) is 2. The maximum absolute atomic E-state index is 11.7. The van der Waals surface area contributed by atoms with E-state index in [-0.39, 0.29) is 12.4 Å². The van der Waals surface area contributed by atoms with Crippen molar-refractivity contribution in [3.63, 3.8) is 0 Å². The zero-order chi connectivity index (χ0) is 17.6. The summed E-state index contributed by atoms with van der Waals surface area (Å²) in [4.78, 5) is 13.0. The van der Waals surface area contributed by atoms with Crippen LogP contribution in [0, 0.1) is 5.92 Å². The van der Waals surface area contributed by atoms with Crippen LogP contribution in [0.5, 0.6) is 0 Å². The van der Waals surface area contributed by atoms with E-state index in [2.05, 4.69) is 17.4 Å². The minimum absolute atomic E-state index is 0. The SMILES string of the molecule is Cl.O=C(O)N(Cc1ccc(Cl)cc1)c1ccc(CC2CCNCC2)cc1. The first-order chi connectivity index (χ1) is 12.1. The zero-order valence-corrected chi connectivity index (χ0v) is 16.1. The Morgan fingerprint density at radius 2 is 1.62 bits per heavy atom. The Morgan fingerprint density at radius 1 is 1.04 bits per heavy atom. The van der Waals surface area contributed by atoms with Gasteiger partial charge in [0.2, 0.25) is 0 Å². The van der Waals surface area contributed by atoms with Gasteiger partial charge in [0.05, 0.1) is 6.54 Å². The van der Waals surface area contributed by atoms with Gasteiger partial charge in [-0.1, -0.05) is 35.9 Å². The Labute approximate surface area is 165 Å². The number of nitrogens with one attached hydrogen (secondary N) is 1. The van der Waals surface area contributed by atoms with E-state index in [0.29, 0.717) is 17.3 Å². The standard InChI is InChI=1S/C20H23ClN2O2.ClH/c21-18-5-1-17(2-6-18)14-23(20(24)25)19-7-3-15(4-8-19)13-16-9-11-22-12-10-16;/h1-8,16,22H,9-14H2,(H,24,25);1H. The lowest BCUT2D eigenvalue weighted by atomic mass is 9.91. The molecule has 1 saturated heterocycles. The summed E-state index contributed by atoms with van der Waals surface area (Å²) in [5.74, 6) is 0.719. The lowest BCUT2D eigenvalue weighted by Crippen LogP contribution is -2.29. The van der Waals surface area contributed by atoms with Crippen molar-refractivity contribution in [2.45, 2.75) is 25.8 Å². The van der Waals surface area contributed by atoms with Crippen LogP contribution in [-0.2, 0) is 13.0 Å². The quantitative estimate of drug-likeness (QED) is 0.750. The molecule has 1 amide bonds. The van der Waals surface area contributed by atoms with Crippen LogP contribution >= 0.6 is 24.0 Å². The van der Waals surface area contributed by atoms with Gasteiger partial charge < -0.3 is 10.4 Å². The smallest absolute Gasteiger partial charge is 0.412 e. The molecule has 4 nitrogen and oxygen atoms in total. The largest absolute Gasteiger partial charge is 0.465 e. The molecule has 0 aliphatic carbocycles. The van der Waals surface area contributed by atoms with Crippen LogP contribution in [0.4, 0.5) is 10.5 Å². The van der Waals surface area contributed by atoms with Gasteiger partial charge in [0.1, 0.15) is 0 Å². The number of carbonyl (C=O) groups is 1. The third-order valence-electron chi connectivity index (χ3n) is 4.72. The second kappa shape index (κ2) is 9.81. The number of carboxylic acid groups (broad SMARTS) is 1. The monoisotopic (exact) mass is 394 g/mol. The summed E-state index contributed by atoms with van der Waals surface area (Å²) < 4.78 is 0. The lowest BCUT2D eigenvalue weighted by Gasteiger charge is -2.23. The molecule has 0 spiro atoms.